The highest BCUT2D eigenvalue weighted by Gasteiger charge is 2.20. The molecule has 0 saturated heterocycles. The maximum absolute atomic E-state index is 5.75. The zero-order valence-electron chi connectivity index (χ0n) is 12.0. The minimum atomic E-state index is -0.0303. The number of aryl methyl sites for hydroxylation is 3. The summed E-state index contributed by atoms with van der Waals surface area (Å²) in [5.41, 5.74) is 7.19. The lowest BCUT2D eigenvalue weighted by Crippen LogP contribution is -2.31. The number of halogens is 1. The lowest BCUT2D eigenvalue weighted by molar-refractivity contribution is 0.513. The van der Waals surface area contributed by atoms with Crippen LogP contribution in [0.1, 0.15) is 35.6 Å². The molecule has 0 aliphatic carbocycles. The van der Waals surface area contributed by atoms with E-state index in [9.17, 15) is 0 Å². The van der Waals surface area contributed by atoms with Gasteiger partial charge in [-0.3, -0.25) is 20.9 Å². The molecular weight excluding hydrogens is 318 g/mol. The van der Waals surface area contributed by atoms with Gasteiger partial charge in [-0.25, -0.2) is 0 Å². The minimum Gasteiger partial charge on any atom is -0.271 e. The van der Waals surface area contributed by atoms with Gasteiger partial charge >= 0.3 is 0 Å². The molecule has 2 heterocycles. The Hall–Kier alpha value is -1.24. The highest BCUT2D eigenvalue weighted by Crippen LogP contribution is 2.26. The van der Waals surface area contributed by atoms with Crippen LogP contribution in [0, 0.1) is 6.92 Å². The van der Waals surface area contributed by atoms with Crippen LogP contribution in [0.4, 0.5) is 0 Å². The van der Waals surface area contributed by atoms with E-state index in [0.717, 1.165) is 34.4 Å². The summed E-state index contributed by atoms with van der Waals surface area (Å²) in [6.45, 7) is 4.11. The van der Waals surface area contributed by atoms with E-state index in [2.05, 4.69) is 44.4 Å². The molecule has 0 amide bonds. The highest BCUT2D eigenvalue weighted by molar-refractivity contribution is 9.10. The molecule has 0 fully saturated rings. The highest BCUT2D eigenvalue weighted by atomic mass is 79.9. The fourth-order valence-corrected chi connectivity index (χ4v) is 2.89. The van der Waals surface area contributed by atoms with Gasteiger partial charge in [0, 0.05) is 19.7 Å². The predicted octanol–water partition coefficient (Wildman–Crippen LogP) is 2.20. The SMILES string of the molecule is CCc1cccnc1C(Cc1c(Br)c(C)nn1C)NN. The van der Waals surface area contributed by atoms with Gasteiger partial charge in [-0.15, -0.1) is 0 Å². The van der Waals surface area contributed by atoms with E-state index in [1.54, 1.807) is 0 Å². The van der Waals surface area contributed by atoms with E-state index in [0.29, 0.717) is 0 Å². The molecule has 2 aromatic rings. The molecule has 20 heavy (non-hydrogen) atoms. The molecule has 0 saturated carbocycles. The van der Waals surface area contributed by atoms with E-state index >= 15 is 0 Å². The standard InChI is InChI=1S/C14H20BrN5/c1-4-10-6-5-7-17-14(10)11(18-16)8-12-13(15)9(2)19-20(12)3/h5-7,11,18H,4,8,16H2,1-3H3. The summed E-state index contributed by atoms with van der Waals surface area (Å²) in [7, 11) is 1.94. The van der Waals surface area contributed by atoms with Crippen molar-refractivity contribution in [2.45, 2.75) is 32.7 Å². The third-order valence-electron chi connectivity index (χ3n) is 3.50. The van der Waals surface area contributed by atoms with Crippen molar-refractivity contribution in [3.05, 3.63) is 45.4 Å². The van der Waals surface area contributed by atoms with Crippen LogP contribution in [0.3, 0.4) is 0 Å². The van der Waals surface area contributed by atoms with Crippen LogP contribution >= 0.6 is 15.9 Å². The molecule has 3 N–H and O–H groups in total. The Kier molecular flexibility index (Phi) is 4.91. The van der Waals surface area contributed by atoms with Crippen molar-refractivity contribution < 1.29 is 0 Å². The maximum Gasteiger partial charge on any atom is 0.0738 e. The first-order chi connectivity index (χ1) is 9.58. The van der Waals surface area contributed by atoms with Gasteiger partial charge in [-0.1, -0.05) is 13.0 Å². The number of hydrazine groups is 1. The van der Waals surface area contributed by atoms with Gasteiger partial charge in [0.25, 0.3) is 0 Å². The Morgan fingerprint density at radius 1 is 1.50 bits per heavy atom. The van der Waals surface area contributed by atoms with Crippen molar-refractivity contribution in [2.75, 3.05) is 0 Å². The van der Waals surface area contributed by atoms with Crippen LogP contribution in [0.15, 0.2) is 22.8 Å². The molecule has 0 bridgehead atoms. The van der Waals surface area contributed by atoms with Gasteiger partial charge in [-0.05, 0) is 40.9 Å². The molecule has 5 nitrogen and oxygen atoms in total. The summed E-state index contributed by atoms with van der Waals surface area (Å²) in [4.78, 5) is 4.50. The van der Waals surface area contributed by atoms with Crippen LogP contribution in [0.5, 0.6) is 0 Å². The number of nitrogens with one attached hydrogen (secondary N) is 1. The summed E-state index contributed by atoms with van der Waals surface area (Å²) in [6.07, 6.45) is 3.48. The molecule has 1 atom stereocenters. The molecule has 0 aliphatic rings. The second-order valence-corrected chi connectivity index (χ2v) is 5.59. The van der Waals surface area contributed by atoms with Gasteiger partial charge in [0.05, 0.1) is 27.6 Å². The quantitative estimate of drug-likeness (QED) is 0.648. The van der Waals surface area contributed by atoms with Crippen LogP contribution < -0.4 is 11.3 Å². The number of rotatable bonds is 5. The van der Waals surface area contributed by atoms with Gasteiger partial charge < -0.3 is 0 Å². The summed E-state index contributed by atoms with van der Waals surface area (Å²) in [6, 6.07) is 4.02. The van der Waals surface area contributed by atoms with Crippen molar-refractivity contribution in [1.29, 1.82) is 0 Å². The van der Waals surface area contributed by atoms with E-state index in [-0.39, 0.29) is 6.04 Å². The lowest BCUT2D eigenvalue weighted by Gasteiger charge is -2.18. The zero-order chi connectivity index (χ0) is 14.7. The van der Waals surface area contributed by atoms with Crippen molar-refractivity contribution in [3.63, 3.8) is 0 Å². The first-order valence-electron chi connectivity index (χ1n) is 6.66. The molecule has 2 rings (SSSR count). The normalized spacial score (nSPS) is 12.7. The van der Waals surface area contributed by atoms with Crippen LogP contribution in [0.2, 0.25) is 0 Å². The Morgan fingerprint density at radius 2 is 2.25 bits per heavy atom. The van der Waals surface area contributed by atoms with E-state index < -0.39 is 0 Å². The molecule has 0 spiro atoms. The van der Waals surface area contributed by atoms with Crippen molar-refractivity contribution in [1.82, 2.24) is 20.2 Å². The van der Waals surface area contributed by atoms with Crippen molar-refractivity contribution >= 4 is 15.9 Å². The molecule has 0 aromatic carbocycles. The third-order valence-corrected chi connectivity index (χ3v) is 4.53. The number of hydrogen-bond acceptors (Lipinski definition) is 4. The van der Waals surface area contributed by atoms with Crippen molar-refractivity contribution in [2.24, 2.45) is 12.9 Å². The minimum absolute atomic E-state index is 0.0303. The molecule has 0 radical (unpaired) electrons. The number of pyridine rings is 1. The van der Waals surface area contributed by atoms with E-state index in [1.165, 1.54) is 5.56 Å². The van der Waals surface area contributed by atoms with Crippen molar-refractivity contribution in [3.8, 4) is 0 Å². The van der Waals surface area contributed by atoms with E-state index in [1.807, 2.05) is 30.9 Å². The van der Waals surface area contributed by atoms with Gasteiger partial charge in [0.15, 0.2) is 0 Å². The monoisotopic (exact) mass is 337 g/mol. The topological polar surface area (TPSA) is 68.8 Å². The second kappa shape index (κ2) is 6.47. The molecule has 2 aromatic heterocycles. The summed E-state index contributed by atoms with van der Waals surface area (Å²) < 4.78 is 2.92. The molecule has 108 valence electrons. The van der Waals surface area contributed by atoms with E-state index in [4.69, 9.17) is 5.84 Å². The number of aromatic nitrogens is 3. The molecule has 6 heteroatoms. The molecular formula is C14H20BrN5. The predicted molar refractivity (Wildman–Crippen MR) is 83.0 cm³/mol. The maximum atomic E-state index is 5.75. The fraction of sp³-hybridized carbons (Fsp3) is 0.429. The third kappa shape index (κ3) is 2.92. The fourth-order valence-electron chi connectivity index (χ4n) is 2.39. The Balaban J connectivity index is 2.34. The Labute approximate surface area is 127 Å². The van der Waals surface area contributed by atoms with Crippen LogP contribution in [-0.2, 0) is 19.9 Å². The smallest absolute Gasteiger partial charge is 0.0738 e. The summed E-state index contributed by atoms with van der Waals surface area (Å²) in [5, 5.41) is 4.42. The van der Waals surface area contributed by atoms with Crippen LogP contribution in [-0.4, -0.2) is 14.8 Å². The summed E-state index contributed by atoms with van der Waals surface area (Å²) >= 11 is 3.59. The second-order valence-electron chi connectivity index (χ2n) is 4.79. The Morgan fingerprint density at radius 3 is 2.80 bits per heavy atom. The molecule has 1 unspecified atom stereocenters. The largest absolute Gasteiger partial charge is 0.271 e. The zero-order valence-corrected chi connectivity index (χ0v) is 13.6. The number of nitrogens with two attached hydrogens (primary N) is 1. The van der Waals surface area contributed by atoms with Gasteiger partial charge in [0.1, 0.15) is 0 Å². The van der Waals surface area contributed by atoms with Gasteiger partial charge in [-0.2, -0.15) is 5.10 Å². The van der Waals surface area contributed by atoms with Crippen LogP contribution in [0.25, 0.3) is 0 Å². The average molecular weight is 338 g/mol. The Bertz CT molecular complexity index is 593. The number of nitrogens with zero attached hydrogens (tertiary/aromatic N) is 3. The van der Waals surface area contributed by atoms with Gasteiger partial charge in [0.2, 0.25) is 0 Å². The first kappa shape index (κ1) is 15.2. The first-order valence-corrected chi connectivity index (χ1v) is 7.45. The average Bonchev–Trinajstić information content (AvgIpc) is 2.70. The summed E-state index contributed by atoms with van der Waals surface area (Å²) in [5.74, 6) is 5.75. The number of hydrogen-bond donors (Lipinski definition) is 2. The molecule has 0 aliphatic heterocycles. The lowest BCUT2D eigenvalue weighted by atomic mass is 10.0.